The third kappa shape index (κ3) is 1.73. The number of fused-ring (bicyclic) bond motifs is 1. The highest BCUT2D eigenvalue weighted by Crippen LogP contribution is 2.27. The second-order valence-electron chi connectivity index (χ2n) is 4.01. The van der Waals surface area contributed by atoms with Gasteiger partial charge in [0.25, 0.3) is 0 Å². The van der Waals surface area contributed by atoms with Gasteiger partial charge in [0.1, 0.15) is 0 Å². The monoisotopic (exact) mass is 281 g/mol. The molecule has 0 radical (unpaired) electrons. The van der Waals surface area contributed by atoms with Crippen LogP contribution in [0.3, 0.4) is 0 Å². The van der Waals surface area contributed by atoms with E-state index in [1.165, 1.54) is 0 Å². The van der Waals surface area contributed by atoms with Crippen LogP contribution in [0.1, 0.15) is 30.2 Å². The fraction of sp³-hybridized carbons (Fsp3) is 0.250. The lowest BCUT2D eigenvalue weighted by molar-refractivity contribution is 0.0699. The molecule has 4 heteroatoms. The van der Waals surface area contributed by atoms with Gasteiger partial charge in [-0.1, -0.05) is 22.0 Å². The number of hydrogen-bond donors (Lipinski definition) is 1. The van der Waals surface area contributed by atoms with Crippen LogP contribution in [0.4, 0.5) is 0 Å². The molecule has 0 aliphatic rings. The number of aromatic nitrogens is 1. The molecule has 0 amide bonds. The van der Waals surface area contributed by atoms with Crippen LogP contribution in [0.25, 0.3) is 10.9 Å². The van der Waals surface area contributed by atoms with E-state index < -0.39 is 5.97 Å². The lowest BCUT2D eigenvalue weighted by Gasteiger charge is -2.08. The summed E-state index contributed by atoms with van der Waals surface area (Å²) >= 11 is 3.40. The van der Waals surface area contributed by atoms with Crippen molar-refractivity contribution >= 4 is 32.8 Å². The van der Waals surface area contributed by atoms with Gasteiger partial charge in [-0.15, -0.1) is 0 Å². The normalized spacial score (nSPS) is 11.2. The van der Waals surface area contributed by atoms with Gasteiger partial charge < -0.3 is 9.67 Å². The van der Waals surface area contributed by atoms with Crippen LogP contribution in [-0.2, 0) is 0 Å². The quantitative estimate of drug-likeness (QED) is 0.912. The fourth-order valence-electron chi connectivity index (χ4n) is 1.82. The Labute approximate surface area is 102 Å². The van der Waals surface area contributed by atoms with E-state index in [4.69, 9.17) is 5.11 Å². The zero-order valence-electron chi connectivity index (χ0n) is 9.07. The van der Waals surface area contributed by atoms with Crippen molar-refractivity contribution in [2.45, 2.75) is 19.9 Å². The smallest absolute Gasteiger partial charge is 0.337 e. The standard InChI is InChI=1S/C12H12BrNO2/c1-7(2)14-6-10(12(15)16)9-4-3-8(13)5-11(9)14/h3-7H,1-2H3,(H,15,16). The summed E-state index contributed by atoms with van der Waals surface area (Å²) < 4.78 is 2.93. The van der Waals surface area contributed by atoms with Crippen molar-refractivity contribution in [1.82, 2.24) is 4.57 Å². The molecule has 1 aromatic carbocycles. The molecule has 0 saturated heterocycles. The summed E-state index contributed by atoms with van der Waals surface area (Å²) in [7, 11) is 0. The third-order valence-electron chi connectivity index (χ3n) is 2.58. The SMILES string of the molecule is CC(C)n1cc(C(=O)O)c2ccc(Br)cc21. The van der Waals surface area contributed by atoms with Crippen LogP contribution in [0.2, 0.25) is 0 Å². The van der Waals surface area contributed by atoms with E-state index >= 15 is 0 Å². The topological polar surface area (TPSA) is 42.2 Å². The second-order valence-corrected chi connectivity index (χ2v) is 4.93. The van der Waals surface area contributed by atoms with Gasteiger partial charge in [-0.2, -0.15) is 0 Å². The van der Waals surface area contributed by atoms with Gasteiger partial charge in [0.15, 0.2) is 0 Å². The Morgan fingerprint density at radius 2 is 2.12 bits per heavy atom. The third-order valence-corrected chi connectivity index (χ3v) is 3.08. The van der Waals surface area contributed by atoms with E-state index in [0.29, 0.717) is 5.56 Å². The molecule has 1 N–H and O–H groups in total. The van der Waals surface area contributed by atoms with E-state index in [9.17, 15) is 4.79 Å². The molecular weight excluding hydrogens is 270 g/mol. The minimum absolute atomic E-state index is 0.241. The summed E-state index contributed by atoms with van der Waals surface area (Å²) in [6.45, 7) is 4.07. The number of nitrogens with zero attached hydrogens (tertiary/aromatic N) is 1. The molecule has 2 rings (SSSR count). The zero-order chi connectivity index (χ0) is 11.9. The lowest BCUT2D eigenvalue weighted by atomic mass is 10.2. The van der Waals surface area contributed by atoms with Crippen molar-refractivity contribution in [1.29, 1.82) is 0 Å². The Morgan fingerprint density at radius 3 is 2.69 bits per heavy atom. The maximum atomic E-state index is 11.1. The lowest BCUT2D eigenvalue weighted by Crippen LogP contribution is -1.99. The van der Waals surface area contributed by atoms with Crippen molar-refractivity contribution in [2.24, 2.45) is 0 Å². The summed E-state index contributed by atoms with van der Waals surface area (Å²) in [6.07, 6.45) is 1.70. The van der Waals surface area contributed by atoms with E-state index in [1.54, 1.807) is 6.20 Å². The van der Waals surface area contributed by atoms with Gasteiger partial charge in [-0.25, -0.2) is 4.79 Å². The van der Waals surface area contributed by atoms with E-state index in [2.05, 4.69) is 15.9 Å². The van der Waals surface area contributed by atoms with Gasteiger partial charge in [0, 0.05) is 22.1 Å². The number of halogens is 1. The van der Waals surface area contributed by atoms with Gasteiger partial charge in [-0.3, -0.25) is 0 Å². The Kier molecular flexibility index (Phi) is 2.76. The summed E-state index contributed by atoms with van der Waals surface area (Å²) in [5.41, 5.74) is 1.30. The van der Waals surface area contributed by atoms with Crippen LogP contribution >= 0.6 is 15.9 Å². The summed E-state index contributed by atoms with van der Waals surface area (Å²) in [4.78, 5) is 11.1. The first kappa shape index (κ1) is 11.2. The molecule has 0 atom stereocenters. The molecule has 0 aliphatic carbocycles. The minimum atomic E-state index is -0.883. The second kappa shape index (κ2) is 3.94. The summed E-state index contributed by atoms with van der Waals surface area (Å²) in [5.74, 6) is -0.883. The van der Waals surface area contributed by atoms with E-state index in [0.717, 1.165) is 15.4 Å². The first-order chi connectivity index (χ1) is 7.50. The van der Waals surface area contributed by atoms with Crippen molar-refractivity contribution in [3.8, 4) is 0 Å². The van der Waals surface area contributed by atoms with Crippen LogP contribution in [0.15, 0.2) is 28.9 Å². The maximum absolute atomic E-state index is 11.1. The number of aromatic carboxylic acids is 1. The molecule has 16 heavy (non-hydrogen) atoms. The van der Waals surface area contributed by atoms with Crippen LogP contribution in [0.5, 0.6) is 0 Å². The Bertz CT molecular complexity index is 557. The van der Waals surface area contributed by atoms with E-state index in [1.807, 2.05) is 36.6 Å². The number of benzene rings is 1. The Hall–Kier alpha value is -1.29. The predicted molar refractivity (Wildman–Crippen MR) is 67.0 cm³/mol. The van der Waals surface area contributed by atoms with Crippen molar-refractivity contribution in [3.63, 3.8) is 0 Å². The number of rotatable bonds is 2. The highest BCUT2D eigenvalue weighted by Gasteiger charge is 2.15. The summed E-state index contributed by atoms with van der Waals surface area (Å²) in [6, 6.07) is 5.88. The number of hydrogen-bond acceptors (Lipinski definition) is 1. The molecule has 0 bridgehead atoms. The molecule has 0 unspecified atom stereocenters. The Morgan fingerprint density at radius 1 is 1.44 bits per heavy atom. The molecule has 0 saturated carbocycles. The van der Waals surface area contributed by atoms with Gasteiger partial charge in [0.2, 0.25) is 0 Å². The molecule has 1 heterocycles. The Balaban J connectivity index is 2.81. The maximum Gasteiger partial charge on any atom is 0.337 e. The minimum Gasteiger partial charge on any atom is -0.478 e. The summed E-state index contributed by atoms with van der Waals surface area (Å²) in [5, 5.41) is 9.90. The van der Waals surface area contributed by atoms with Gasteiger partial charge in [0.05, 0.1) is 11.1 Å². The van der Waals surface area contributed by atoms with Gasteiger partial charge >= 0.3 is 5.97 Å². The molecule has 2 aromatic rings. The molecule has 0 aliphatic heterocycles. The molecule has 1 aromatic heterocycles. The number of carbonyl (C=O) groups is 1. The predicted octanol–water partition coefficient (Wildman–Crippen LogP) is 3.68. The highest BCUT2D eigenvalue weighted by atomic mass is 79.9. The number of carboxylic acids is 1. The average Bonchev–Trinajstić information content (AvgIpc) is 2.56. The fourth-order valence-corrected chi connectivity index (χ4v) is 2.17. The van der Waals surface area contributed by atoms with Crippen molar-refractivity contribution < 1.29 is 9.90 Å². The van der Waals surface area contributed by atoms with Crippen molar-refractivity contribution in [2.75, 3.05) is 0 Å². The van der Waals surface area contributed by atoms with E-state index in [-0.39, 0.29) is 6.04 Å². The largest absolute Gasteiger partial charge is 0.478 e. The highest BCUT2D eigenvalue weighted by molar-refractivity contribution is 9.10. The average molecular weight is 282 g/mol. The molecule has 0 spiro atoms. The molecular formula is C12H12BrNO2. The van der Waals surface area contributed by atoms with Crippen LogP contribution < -0.4 is 0 Å². The molecule has 3 nitrogen and oxygen atoms in total. The molecule has 0 fully saturated rings. The molecule has 84 valence electrons. The van der Waals surface area contributed by atoms with Gasteiger partial charge in [-0.05, 0) is 26.0 Å². The zero-order valence-corrected chi connectivity index (χ0v) is 10.7. The van der Waals surface area contributed by atoms with Crippen LogP contribution in [0, 0.1) is 0 Å². The first-order valence-electron chi connectivity index (χ1n) is 5.04. The van der Waals surface area contributed by atoms with Crippen LogP contribution in [-0.4, -0.2) is 15.6 Å². The first-order valence-corrected chi connectivity index (χ1v) is 5.83. The van der Waals surface area contributed by atoms with Crippen molar-refractivity contribution in [3.05, 3.63) is 34.4 Å². The number of carboxylic acid groups (broad SMARTS) is 1.